The van der Waals surface area contributed by atoms with Crippen molar-refractivity contribution in [3.63, 3.8) is 0 Å². The number of methoxy groups -OCH3 is 1. The minimum Gasteiger partial charge on any atom is -0.457 e. The van der Waals surface area contributed by atoms with Crippen molar-refractivity contribution in [1.82, 2.24) is 10.3 Å². The minimum absolute atomic E-state index is 0.582. The Morgan fingerprint density at radius 1 is 1.53 bits per heavy atom. The number of nitrogens with one attached hydrogen (secondary N) is 1. The molecule has 0 unspecified atom stereocenters. The van der Waals surface area contributed by atoms with Gasteiger partial charge in [0.25, 0.3) is 0 Å². The van der Waals surface area contributed by atoms with Gasteiger partial charge in [0.1, 0.15) is 0 Å². The van der Waals surface area contributed by atoms with Crippen molar-refractivity contribution in [1.29, 1.82) is 0 Å². The van der Waals surface area contributed by atoms with Gasteiger partial charge in [-0.15, -0.1) is 0 Å². The van der Waals surface area contributed by atoms with Crippen molar-refractivity contribution in [2.75, 3.05) is 20.3 Å². The van der Waals surface area contributed by atoms with Crippen LogP contribution in [0.3, 0.4) is 0 Å². The fraction of sp³-hybridized carbons (Fsp3) is 0.364. The van der Waals surface area contributed by atoms with Crippen LogP contribution in [0, 0.1) is 0 Å². The second kappa shape index (κ2) is 6.00. The number of nitrogens with zero attached hydrogens (tertiary/aromatic N) is 1. The topological polar surface area (TPSA) is 60.4 Å². The summed E-state index contributed by atoms with van der Waals surface area (Å²) >= 11 is 3.30. The van der Waals surface area contributed by atoms with E-state index in [1.807, 2.05) is 6.07 Å². The van der Waals surface area contributed by atoms with Crippen molar-refractivity contribution in [2.24, 2.45) is 0 Å². The van der Waals surface area contributed by atoms with Crippen LogP contribution in [0.5, 0.6) is 0 Å². The lowest BCUT2D eigenvalue weighted by Gasteiger charge is -1.99. The first kappa shape index (κ1) is 12.3. The summed E-state index contributed by atoms with van der Waals surface area (Å²) in [5.41, 5.74) is 0.862. The molecule has 1 N–H and O–H groups in total. The van der Waals surface area contributed by atoms with Crippen LogP contribution in [0.2, 0.25) is 0 Å². The quantitative estimate of drug-likeness (QED) is 0.830. The largest absolute Gasteiger partial charge is 0.457 e. The average Bonchev–Trinajstić information content (AvgIpc) is 2.93. The number of hydrogen-bond donors (Lipinski definition) is 1. The maximum Gasteiger partial charge on any atom is 0.208 e. The molecule has 0 fully saturated rings. The first-order chi connectivity index (χ1) is 8.31. The SMILES string of the molecule is COCCNCc1ncc(-c2ccoc2Br)o1. The van der Waals surface area contributed by atoms with Crippen LogP contribution >= 0.6 is 15.9 Å². The number of ether oxygens (including phenoxy) is 1. The first-order valence-corrected chi connectivity index (χ1v) is 5.98. The maximum absolute atomic E-state index is 5.58. The molecule has 6 heteroatoms. The summed E-state index contributed by atoms with van der Waals surface area (Å²) in [4.78, 5) is 4.18. The van der Waals surface area contributed by atoms with E-state index >= 15 is 0 Å². The summed E-state index contributed by atoms with van der Waals surface area (Å²) in [5.74, 6) is 1.33. The van der Waals surface area contributed by atoms with Gasteiger partial charge in [-0.25, -0.2) is 4.98 Å². The summed E-state index contributed by atoms with van der Waals surface area (Å²) in [7, 11) is 1.67. The molecule has 0 amide bonds. The number of hydrogen-bond acceptors (Lipinski definition) is 5. The Morgan fingerprint density at radius 3 is 3.12 bits per heavy atom. The van der Waals surface area contributed by atoms with Crippen molar-refractivity contribution in [3.8, 4) is 11.3 Å². The number of furan rings is 1. The zero-order valence-electron chi connectivity index (χ0n) is 9.40. The Hall–Kier alpha value is -1.11. The highest BCUT2D eigenvalue weighted by Gasteiger charge is 2.11. The summed E-state index contributed by atoms with van der Waals surface area (Å²) < 4.78 is 16.3. The minimum atomic E-state index is 0.582. The van der Waals surface area contributed by atoms with Crippen LogP contribution in [-0.4, -0.2) is 25.2 Å². The van der Waals surface area contributed by atoms with E-state index in [0.717, 1.165) is 12.1 Å². The molecule has 17 heavy (non-hydrogen) atoms. The molecule has 0 aromatic carbocycles. The first-order valence-electron chi connectivity index (χ1n) is 5.19. The van der Waals surface area contributed by atoms with Gasteiger partial charge in [-0.1, -0.05) is 0 Å². The number of oxazole rings is 1. The fourth-order valence-electron chi connectivity index (χ4n) is 1.36. The van der Waals surface area contributed by atoms with Gasteiger partial charge in [0.15, 0.2) is 10.4 Å². The molecule has 0 radical (unpaired) electrons. The van der Waals surface area contributed by atoms with Crippen LogP contribution in [-0.2, 0) is 11.3 Å². The Labute approximate surface area is 107 Å². The molecular weight excluding hydrogens is 288 g/mol. The molecule has 2 aromatic heterocycles. The van der Waals surface area contributed by atoms with Crippen LogP contribution in [0.1, 0.15) is 5.89 Å². The molecule has 0 saturated heterocycles. The molecule has 92 valence electrons. The molecule has 0 aliphatic rings. The van der Waals surface area contributed by atoms with Gasteiger partial charge in [0.2, 0.25) is 5.89 Å². The lowest BCUT2D eigenvalue weighted by molar-refractivity contribution is 0.198. The lowest BCUT2D eigenvalue weighted by Crippen LogP contribution is -2.18. The molecule has 2 rings (SSSR count). The Balaban J connectivity index is 1.95. The van der Waals surface area contributed by atoms with E-state index in [-0.39, 0.29) is 0 Å². The van der Waals surface area contributed by atoms with Crippen LogP contribution < -0.4 is 5.32 Å². The second-order valence-corrected chi connectivity index (χ2v) is 4.12. The average molecular weight is 301 g/mol. The van der Waals surface area contributed by atoms with Crippen molar-refractivity contribution in [3.05, 3.63) is 29.1 Å². The maximum atomic E-state index is 5.58. The predicted octanol–water partition coefficient (Wildman–Crippen LogP) is 2.43. The lowest BCUT2D eigenvalue weighted by atomic mass is 10.3. The third-order valence-corrected chi connectivity index (χ3v) is 2.81. The highest BCUT2D eigenvalue weighted by Crippen LogP contribution is 2.29. The number of rotatable bonds is 6. The normalized spacial score (nSPS) is 10.9. The molecule has 2 heterocycles. The van der Waals surface area contributed by atoms with Crippen LogP contribution in [0.4, 0.5) is 0 Å². The van der Waals surface area contributed by atoms with Crippen LogP contribution in [0.25, 0.3) is 11.3 Å². The van der Waals surface area contributed by atoms with E-state index in [4.69, 9.17) is 13.6 Å². The van der Waals surface area contributed by atoms with E-state index < -0.39 is 0 Å². The highest BCUT2D eigenvalue weighted by atomic mass is 79.9. The highest BCUT2D eigenvalue weighted by molar-refractivity contribution is 9.10. The summed E-state index contributed by atoms with van der Waals surface area (Å²) in [6.07, 6.45) is 3.28. The van der Waals surface area contributed by atoms with E-state index in [2.05, 4.69) is 26.2 Å². The van der Waals surface area contributed by atoms with Gasteiger partial charge in [-0.3, -0.25) is 0 Å². The number of aromatic nitrogens is 1. The van der Waals surface area contributed by atoms with Gasteiger partial charge >= 0.3 is 0 Å². The van der Waals surface area contributed by atoms with Crippen molar-refractivity contribution < 1.29 is 13.6 Å². The third kappa shape index (κ3) is 3.18. The van der Waals surface area contributed by atoms with Crippen molar-refractivity contribution >= 4 is 15.9 Å². The molecule has 0 atom stereocenters. The predicted molar refractivity (Wildman–Crippen MR) is 65.5 cm³/mol. The van der Waals surface area contributed by atoms with E-state index in [1.165, 1.54) is 0 Å². The zero-order valence-corrected chi connectivity index (χ0v) is 11.0. The standard InChI is InChI=1S/C11H13BrN2O3/c1-15-5-3-13-7-10-14-6-9(17-10)8-2-4-16-11(8)12/h2,4,6,13H,3,5,7H2,1H3. The van der Waals surface area contributed by atoms with E-state index in [1.54, 1.807) is 19.6 Å². The van der Waals surface area contributed by atoms with Crippen LogP contribution in [0.15, 0.2) is 32.0 Å². The zero-order chi connectivity index (χ0) is 12.1. The molecule has 0 bridgehead atoms. The Bertz CT molecular complexity index is 467. The fourth-order valence-corrected chi connectivity index (χ4v) is 1.79. The van der Waals surface area contributed by atoms with Gasteiger partial charge in [0.05, 0.1) is 31.2 Å². The third-order valence-electron chi connectivity index (χ3n) is 2.20. The van der Waals surface area contributed by atoms with E-state index in [0.29, 0.717) is 29.5 Å². The van der Waals surface area contributed by atoms with Gasteiger partial charge < -0.3 is 18.9 Å². The molecule has 2 aromatic rings. The van der Waals surface area contributed by atoms with Gasteiger partial charge in [-0.2, -0.15) is 0 Å². The smallest absolute Gasteiger partial charge is 0.208 e. The summed E-state index contributed by atoms with van der Waals surface area (Å²) in [6, 6.07) is 1.83. The summed E-state index contributed by atoms with van der Waals surface area (Å²) in [6.45, 7) is 2.02. The number of halogens is 1. The van der Waals surface area contributed by atoms with E-state index in [9.17, 15) is 0 Å². The molecule has 0 saturated carbocycles. The molecular formula is C11H13BrN2O3. The molecule has 0 aliphatic heterocycles. The summed E-state index contributed by atoms with van der Waals surface area (Å²) in [5, 5.41) is 3.16. The Kier molecular flexibility index (Phi) is 4.36. The van der Waals surface area contributed by atoms with Crippen molar-refractivity contribution in [2.45, 2.75) is 6.54 Å². The monoisotopic (exact) mass is 300 g/mol. The molecule has 0 spiro atoms. The Morgan fingerprint density at radius 2 is 2.41 bits per heavy atom. The molecule has 5 nitrogen and oxygen atoms in total. The van der Waals surface area contributed by atoms with Gasteiger partial charge in [-0.05, 0) is 22.0 Å². The molecule has 0 aliphatic carbocycles. The second-order valence-electron chi connectivity index (χ2n) is 3.40. The van der Waals surface area contributed by atoms with Gasteiger partial charge in [0, 0.05) is 13.7 Å².